The Bertz CT molecular complexity index is 769. The molecule has 0 spiro atoms. The van der Waals surface area contributed by atoms with Crippen LogP contribution in [0.5, 0.6) is 5.75 Å². The lowest BCUT2D eigenvalue weighted by Crippen LogP contribution is -2.46. The van der Waals surface area contributed by atoms with Crippen LogP contribution in [-0.2, 0) is 16.0 Å². The van der Waals surface area contributed by atoms with Crippen molar-refractivity contribution >= 4 is 5.91 Å². The molecule has 7 heteroatoms. The third kappa shape index (κ3) is 3.72. The molecule has 1 amide bonds. The lowest BCUT2D eigenvalue weighted by molar-refractivity contribution is -0.146. The number of rotatable bonds is 5. The fourth-order valence-corrected chi connectivity index (χ4v) is 3.21. The van der Waals surface area contributed by atoms with Crippen molar-refractivity contribution in [2.24, 2.45) is 0 Å². The molecule has 0 radical (unpaired) electrons. The molecule has 2 atom stereocenters. The first kappa shape index (κ1) is 17.0. The number of carbonyl (C=O) groups excluding carboxylic acids is 1. The first-order valence-corrected chi connectivity index (χ1v) is 9.02. The maximum Gasteiger partial charge on any atom is 0.257 e. The molecular formula is C19H23N3O4. The van der Waals surface area contributed by atoms with Crippen LogP contribution < -0.4 is 4.74 Å². The van der Waals surface area contributed by atoms with E-state index in [1.54, 1.807) is 7.11 Å². The van der Waals surface area contributed by atoms with Gasteiger partial charge in [-0.15, -0.1) is 0 Å². The molecule has 2 fully saturated rings. The van der Waals surface area contributed by atoms with Crippen LogP contribution in [0.2, 0.25) is 0 Å². The number of ether oxygens (including phenoxy) is 2. The van der Waals surface area contributed by atoms with Crippen molar-refractivity contribution in [1.29, 1.82) is 0 Å². The molecular weight excluding hydrogens is 334 g/mol. The van der Waals surface area contributed by atoms with Gasteiger partial charge in [0, 0.05) is 12.5 Å². The van der Waals surface area contributed by atoms with Gasteiger partial charge in [0.05, 0.1) is 26.2 Å². The molecule has 2 heterocycles. The van der Waals surface area contributed by atoms with Crippen molar-refractivity contribution < 1.29 is 18.8 Å². The van der Waals surface area contributed by atoms with Crippen LogP contribution in [0.3, 0.4) is 0 Å². The predicted molar refractivity (Wildman–Crippen MR) is 92.8 cm³/mol. The van der Waals surface area contributed by atoms with Crippen molar-refractivity contribution in [3.8, 4) is 5.75 Å². The summed E-state index contributed by atoms with van der Waals surface area (Å²) in [7, 11) is 1.63. The Labute approximate surface area is 152 Å². The number of aromatic nitrogens is 2. The number of methoxy groups -OCH3 is 1. The molecule has 1 saturated carbocycles. The standard InChI is InChI=1S/C19H23N3O4/c1-12-10-22(17(23)9-13-3-7-15(24-2)8-4-13)11-16(25-12)19-20-18(21-26-19)14-5-6-14/h3-4,7-8,12,14,16H,5-6,9-11H2,1-2H3/t12-,16-/m1/s1. The lowest BCUT2D eigenvalue weighted by Gasteiger charge is -2.35. The fourth-order valence-electron chi connectivity index (χ4n) is 3.21. The summed E-state index contributed by atoms with van der Waals surface area (Å²) >= 11 is 0. The van der Waals surface area contributed by atoms with Crippen molar-refractivity contribution in [3.05, 3.63) is 41.5 Å². The van der Waals surface area contributed by atoms with Crippen LogP contribution >= 0.6 is 0 Å². The second kappa shape index (κ2) is 7.07. The number of morpholine rings is 1. The number of hydrogen-bond donors (Lipinski definition) is 0. The molecule has 1 aromatic heterocycles. The summed E-state index contributed by atoms with van der Waals surface area (Å²) in [5, 5.41) is 4.05. The molecule has 4 rings (SSSR count). The Morgan fingerprint density at radius 2 is 2.04 bits per heavy atom. The highest BCUT2D eigenvalue weighted by Gasteiger charge is 2.35. The predicted octanol–water partition coefficient (Wildman–Crippen LogP) is 2.49. The Balaban J connectivity index is 1.42. The molecule has 138 valence electrons. The summed E-state index contributed by atoms with van der Waals surface area (Å²) in [6.07, 6.45) is 2.14. The van der Waals surface area contributed by atoms with E-state index in [1.165, 1.54) is 0 Å². The highest BCUT2D eigenvalue weighted by molar-refractivity contribution is 5.79. The number of carbonyl (C=O) groups is 1. The molecule has 0 N–H and O–H groups in total. The van der Waals surface area contributed by atoms with Crippen LogP contribution in [0.25, 0.3) is 0 Å². The van der Waals surface area contributed by atoms with E-state index in [1.807, 2.05) is 36.1 Å². The van der Waals surface area contributed by atoms with Crippen molar-refractivity contribution in [1.82, 2.24) is 15.0 Å². The van der Waals surface area contributed by atoms with E-state index in [4.69, 9.17) is 14.0 Å². The van der Waals surface area contributed by atoms with E-state index in [9.17, 15) is 4.79 Å². The SMILES string of the molecule is COc1ccc(CC(=O)N2C[C@@H](C)O[C@@H](c3nc(C4CC4)no3)C2)cc1. The van der Waals surface area contributed by atoms with Crippen LogP contribution in [-0.4, -0.2) is 47.3 Å². The molecule has 7 nitrogen and oxygen atoms in total. The number of benzene rings is 1. The molecule has 1 saturated heterocycles. The maximum absolute atomic E-state index is 12.7. The monoisotopic (exact) mass is 357 g/mol. The third-order valence-electron chi connectivity index (χ3n) is 4.80. The highest BCUT2D eigenvalue weighted by atomic mass is 16.5. The van der Waals surface area contributed by atoms with Gasteiger partial charge in [-0.25, -0.2) is 0 Å². The van der Waals surface area contributed by atoms with Gasteiger partial charge in [-0.3, -0.25) is 4.79 Å². The molecule has 1 aliphatic heterocycles. The molecule has 0 bridgehead atoms. The van der Waals surface area contributed by atoms with Crippen molar-refractivity contribution in [3.63, 3.8) is 0 Å². The zero-order valence-electron chi connectivity index (χ0n) is 15.1. The van der Waals surface area contributed by atoms with Gasteiger partial charge in [-0.2, -0.15) is 4.98 Å². The van der Waals surface area contributed by atoms with E-state index >= 15 is 0 Å². The summed E-state index contributed by atoms with van der Waals surface area (Å²) in [6, 6.07) is 7.56. The molecule has 1 aromatic carbocycles. The van der Waals surface area contributed by atoms with E-state index < -0.39 is 0 Å². The Kier molecular flexibility index (Phi) is 4.63. The number of nitrogens with zero attached hydrogens (tertiary/aromatic N) is 3. The first-order chi connectivity index (χ1) is 12.6. The molecule has 0 unspecified atom stereocenters. The van der Waals surface area contributed by atoms with Gasteiger partial charge in [0.2, 0.25) is 5.91 Å². The van der Waals surface area contributed by atoms with E-state index in [0.29, 0.717) is 31.3 Å². The maximum atomic E-state index is 12.7. The van der Waals surface area contributed by atoms with Gasteiger partial charge >= 0.3 is 0 Å². The quantitative estimate of drug-likeness (QED) is 0.818. The zero-order chi connectivity index (χ0) is 18.1. The Morgan fingerprint density at radius 1 is 1.27 bits per heavy atom. The van der Waals surface area contributed by atoms with Crippen LogP contribution in [0.1, 0.15) is 49.1 Å². The first-order valence-electron chi connectivity index (χ1n) is 9.02. The molecule has 2 aromatic rings. The van der Waals surface area contributed by atoms with Gasteiger partial charge in [-0.1, -0.05) is 17.3 Å². The average Bonchev–Trinajstić information content (AvgIpc) is 3.38. The topological polar surface area (TPSA) is 77.7 Å². The fraction of sp³-hybridized carbons (Fsp3) is 0.526. The summed E-state index contributed by atoms with van der Waals surface area (Å²) < 4.78 is 16.5. The van der Waals surface area contributed by atoms with Crippen LogP contribution in [0, 0.1) is 0 Å². The highest BCUT2D eigenvalue weighted by Crippen LogP contribution is 2.39. The minimum Gasteiger partial charge on any atom is -0.497 e. The van der Waals surface area contributed by atoms with Gasteiger partial charge in [0.25, 0.3) is 5.89 Å². The normalized spacial score (nSPS) is 23.1. The average molecular weight is 357 g/mol. The minimum atomic E-state index is -0.362. The lowest BCUT2D eigenvalue weighted by atomic mass is 10.1. The van der Waals surface area contributed by atoms with E-state index in [2.05, 4.69) is 10.1 Å². The second-order valence-corrected chi connectivity index (χ2v) is 7.02. The van der Waals surface area contributed by atoms with Gasteiger partial charge in [0.1, 0.15) is 5.75 Å². The third-order valence-corrected chi connectivity index (χ3v) is 4.80. The van der Waals surface area contributed by atoms with Gasteiger partial charge in [0.15, 0.2) is 11.9 Å². The van der Waals surface area contributed by atoms with E-state index in [0.717, 1.165) is 30.0 Å². The van der Waals surface area contributed by atoms with Gasteiger partial charge < -0.3 is 18.9 Å². The largest absolute Gasteiger partial charge is 0.497 e. The van der Waals surface area contributed by atoms with Crippen LogP contribution in [0.4, 0.5) is 0 Å². The van der Waals surface area contributed by atoms with Crippen LogP contribution in [0.15, 0.2) is 28.8 Å². The number of hydrogen-bond acceptors (Lipinski definition) is 6. The summed E-state index contributed by atoms with van der Waals surface area (Å²) in [4.78, 5) is 19.0. The summed E-state index contributed by atoms with van der Waals surface area (Å²) in [6.45, 7) is 2.96. The Hall–Kier alpha value is -2.41. The summed E-state index contributed by atoms with van der Waals surface area (Å²) in [5.74, 6) is 2.52. The minimum absolute atomic E-state index is 0.0669. The van der Waals surface area contributed by atoms with Crippen molar-refractivity contribution in [2.45, 2.75) is 44.3 Å². The molecule has 26 heavy (non-hydrogen) atoms. The zero-order valence-corrected chi connectivity index (χ0v) is 15.1. The Morgan fingerprint density at radius 3 is 2.73 bits per heavy atom. The molecule has 2 aliphatic rings. The van der Waals surface area contributed by atoms with E-state index in [-0.39, 0.29) is 18.1 Å². The summed E-state index contributed by atoms with van der Waals surface area (Å²) in [5.41, 5.74) is 0.959. The molecule has 1 aliphatic carbocycles. The smallest absolute Gasteiger partial charge is 0.257 e. The number of amides is 1. The second-order valence-electron chi connectivity index (χ2n) is 7.02. The van der Waals surface area contributed by atoms with Gasteiger partial charge in [-0.05, 0) is 37.5 Å². The van der Waals surface area contributed by atoms with Crippen molar-refractivity contribution in [2.75, 3.05) is 20.2 Å².